The number of esters is 1. The van der Waals surface area contributed by atoms with Crippen LogP contribution < -0.4 is 0 Å². The van der Waals surface area contributed by atoms with Crippen molar-refractivity contribution in [3.8, 4) is 17.2 Å². The van der Waals surface area contributed by atoms with Gasteiger partial charge in [-0.15, -0.1) is 0 Å². The van der Waals surface area contributed by atoms with E-state index in [4.69, 9.17) is 4.74 Å². The smallest absolute Gasteiger partial charge is 0.374 e. The molecule has 132 valence electrons. The largest absolute Gasteiger partial charge is 0.508 e. The Morgan fingerprint density at radius 1 is 1.04 bits per heavy atom. The highest BCUT2D eigenvalue weighted by molar-refractivity contribution is 6.34. The molecule has 1 aliphatic heterocycles. The maximum atomic E-state index is 12.7. The van der Waals surface area contributed by atoms with Crippen molar-refractivity contribution in [2.24, 2.45) is 0 Å². The molecule has 7 nitrogen and oxygen atoms in total. The van der Waals surface area contributed by atoms with Crippen molar-refractivity contribution < 1.29 is 34.4 Å². The Morgan fingerprint density at radius 3 is 2.35 bits per heavy atom. The molecule has 0 amide bonds. The van der Waals surface area contributed by atoms with Gasteiger partial charge in [-0.3, -0.25) is 4.79 Å². The van der Waals surface area contributed by atoms with Crippen LogP contribution in [0.5, 0.6) is 17.2 Å². The first kappa shape index (κ1) is 17.1. The molecule has 0 fully saturated rings. The summed E-state index contributed by atoms with van der Waals surface area (Å²) in [4.78, 5) is 24.7. The van der Waals surface area contributed by atoms with Gasteiger partial charge < -0.3 is 24.8 Å². The van der Waals surface area contributed by atoms with Crippen LogP contribution in [0.3, 0.4) is 0 Å². The molecule has 0 saturated heterocycles. The summed E-state index contributed by atoms with van der Waals surface area (Å²) in [5, 5.41) is 28.3. The molecule has 2 aromatic carbocycles. The van der Waals surface area contributed by atoms with Crippen LogP contribution in [0.4, 0.5) is 0 Å². The number of ether oxygens (including phenoxy) is 2. The Bertz CT molecular complexity index is 952. The van der Waals surface area contributed by atoms with Crippen molar-refractivity contribution in [1.29, 1.82) is 0 Å². The van der Waals surface area contributed by atoms with Gasteiger partial charge in [0.15, 0.2) is 17.3 Å². The van der Waals surface area contributed by atoms with Gasteiger partial charge in [0.25, 0.3) is 0 Å². The van der Waals surface area contributed by atoms with Gasteiger partial charge in [0.05, 0.1) is 12.7 Å². The van der Waals surface area contributed by atoms with Gasteiger partial charge >= 0.3 is 5.97 Å². The summed E-state index contributed by atoms with van der Waals surface area (Å²) < 4.78 is 10.1. The average molecular weight is 354 g/mol. The molecule has 0 spiro atoms. The second-order valence-electron chi connectivity index (χ2n) is 5.43. The predicted molar refractivity (Wildman–Crippen MR) is 90.9 cm³/mol. The van der Waals surface area contributed by atoms with E-state index in [0.29, 0.717) is 11.1 Å². The van der Waals surface area contributed by atoms with Crippen molar-refractivity contribution in [2.75, 3.05) is 7.11 Å². The van der Waals surface area contributed by atoms with Crippen LogP contribution in [0.2, 0.25) is 0 Å². The number of carbonyl (C=O) groups is 2. The minimum absolute atomic E-state index is 0.00565. The molecule has 0 saturated carbocycles. The third kappa shape index (κ3) is 3.10. The molecule has 3 N–H and O–H groups in total. The number of benzene rings is 2. The first-order chi connectivity index (χ1) is 12.4. The van der Waals surface area contributed by atoms with E-state index in [1.54, 1.807) is 0 Å². The number of hydrogen-bond acceptors (Lipinski definition) is 7. The Kier molecular flexibility index (Phi) is 4.36. The Labute approximate surface area is 148 Å². The molecule has 0 bridgehead atoms. The second-order valence-corrected chi connectivity index (χ2v) is 5.43. The van der Waals surface area contributed by atoms with E-state index in [2.05, 4.69) is 4.74 Å². The van der Waals surface area contributed by atoms with E-state index in [9.17, 15) is 24.9 Å². The van der Waals surface area contributed by atoms with Crippen molar-refractivity contribution in [2.45, 2.75) is 0 Å². The SMILES string of the molecule is COC(=O)C1=C(c2ccc(O)cc2)C(=O)C(=Cc2ccc(O)c(O)c2)O1. The minimum Gasteiger partial charge on any atom is -0.508 e. The summed E-state index contributed by atoms with van der Waals surface area (Å²) in [5.41, 5.74) is 0.774. The molecule has 0 atom stereocenters. The molecule has 0 radical (unpaired) electrons. The van der Waals surface area contributed by atoms with E-state index >= 15 is 0 Å². The fraction of sp³-hybridized carbons (Fsp3) is 0.0526. The predicted octanol–water partition coefficient (Wildman–Crippen LogP) is 2.33. The number of ketones is 1. The summed E-state index contributed by atoms with van der Waals surface area (Å²) >= 11 is 0. The lowest BCUT2D eigenvalue weighted by Crippen LogP contribution is -2.06. The van der Waals surface area contributed by atoms with Crippen LogP contribution >= 0.6 is 0 Å². The number of hydrogen-bond donors (Lipinski definition) is 3. The van der Waals surface area contributed by atoms with Crippen molar-refractivity contribution in [3.05, 3.63) is 65.1 Å². The third-order valence-corrected chi connectivity index (χ3v) is 3.71. The zero-order chi connectivity index (χ0) is 18.8. The summed E-state index contributed by atoms with van der Waals surface area (Å²) in [7, 11) is 1.16. The van der Waals surface area contributed by atoms with Crippen molar-refractivity contribution in [1.82, 2.24) is 0 Å². The van der Waals surface area contributed by atoms with Gasteiger partial charge in [-0.1, -0.05) is 18.2 Å². The van der Waals surface area contributed by atoms with Crippen molar-refractivity contribution in [3.63, 3.8) is 0 Å². The van der Waals surface area contributed by atoms with Gasteiger partial charge in [-0.2, -0.15) is 0 Å². The number of aromatic hydroxyl groups is 3. The summed E-state index contributed by atoms with van der Waals surface area (Å²) in [5.74, 6) is -2.43. The number of phenolic OH excluding ortho intramolecular Hbond substituents is 3. The molecule has 0 aliphatic carbocycles. The molecule has 7 heteroatoms. The molecule has 3 rings (SSSR count). The van der Waals surface area contributed by atoms with Crippen LogP contribution in [-0.4, -0.2) is 34.2 Å². The van der Waals surface area contributed by atoms with Gasteiger partial charge in [-0.05, 0) is 41.5 Å². The van der Waals surface area contributed by atoms with Crippen LogP contribution in [0.1, 0.15) is 11.1 Å². The number of allylic oxidation sites excluding steroid dienone is 1. The number of phenols is 3. The zero-order valence-electron chi connectivity index (χ0n) is 13.6. The van der Waals surface area contributed by atoms with Crippen LogP contribution in [0.25, 0.3) is 11.6 Å². The Hall–Kier alpha value is -3.74. The number of methoxy groups -OCH3 is 1. The molecular weight excluding hydrogens is 340 g/mol. The van der Waals surface area contributed by atoms with Gasteiger partial charge in [-0.25, -0.2) is 4.79 Å². The van der Waals surface area contributed by atoms with Crippen LogP contribution in [0, 0.1) is 0 Å². The highest BCUT2D eigenvalue weighted by Gasteiger charge is 2.36. The van der Waals surface area contributed by atoms with E-state index in [1.165, 1.54) is 48.5 Å². The van der Waals surface area contributed by atoms with Crippen LogP contribution in [-0.2, 0) is 19.1 Å². The Balaban J connectivity index is 2.04. The highest BCUT2D eigenvalue weighted by Crippen LogP contribution is 2.35. The lowest BCUT2D eigenvalue weighted by Gasteiger charge is -2.03. The van der Waals surface area contributed by atoms with Gasteiger partial charge in [0.2, 0.25) is 11.5 Å². The van der Waals surface area contributed by atoms with Gasteiger partial charge in [0, 0.05) is 0 Å². The molecule has 0 aromatic heterocycles. The van der Waals surface area contributed by atoms with E-state index < -0.39 is 11.8 Å². The van der Waals surface area contributed by atoms with E-state index in [0.717, 1.165) is 7.11 Å². The maximum absolute atomic E-state index is 12.7. The van der Waals surface area contributed by atoms with Crippen LogP contribution in [0.15, 0.2) is 54.0 Å². The molecule has 1 aliphatic rings. The molecule has 2 aromatic rings. The monoisotopic (exact) mass is 354 g/mol. The van der Waals surface area contributed by atoms with E-state index in [1.807, 2.05) is 0 Å². The number of rotatable bonds is 3. The van der Waals surface area contributed by atoms with E-state index in [-0.39, 0.29) is 34.3 Å². The third-order valence-electron chi connectivity index (χ3n) is 3.71. The molecule has 26 heavy (non-hydrogen) atoms. The highest BCUT2D eigenvalue weighted by atomic mass is 16.6. The fourth-order valence-electron chi connectivity index (χ4n) is 2.44. The summed E-state index contributed by atoms with van der Waals surface area (Å²) in [6.45, 7) is 0. The second kappa shape index (κ2) is 6.64. The quantitative estimate of drug-likeness (QED) is 0.440. The summed E-state index contributed by atoms with van der Waals surface area (Å²) in [6.07, 6.45) is 1.33. The summed E-state index contributed by atoms with van der Waals surface area (Å²) in [6, 6.07) is 9.68. The minimum atomic E-state index is -0.821. The normalized spacial score (nSPS) is 15.3. The lowest BCUT2D eigenvalue weighted by molar-refractivity contribution is -0.139. The topological polar surface area (TPSA) is 113 Å². The first-order valence-electron chi connectivity index (χ1n) is 7.49. The average Bonchev–Trinajstić information content (AvgIpc) is 2.95. The van der Waals surface area contributed by atoms with Gasteiger partial charge in [0.1, 0.15) is 5.75 Å². The van der Waals surface area contributed by atoms with Crippen molar-refractivity contribution >= 4 is 23.4 Å². The number of Topliss-reactive ketones (excluding diaryl/α,β-unsaturated/α-hetero) is 1. The Morgan fingerprint density at radius 2 is 1.73 bits per heavy atom. The first-order valence-corrected chi connectivity index (χ1v) is 7.49. The zero-order valence-corrected chi connectivity index (χ0v) is 13.6. The standard InChI is InChI=1S/C19H14O7/c1-25-19(24)18-16(11-3-5-12(20)6-4-11)17(23)15(26-18)9-10-2-7-13(21)14(22)8-10/h2-9,20-22H,1H3. The maximum Gasteiger partial charge on any atom is 0.374 e. The molecule has 0 unspecified atom stereocenters. The number of carbonyl (C=O) groups excluding carboxylic acids is 2. The molecule has 1 heterocycles. The fourth-order valence-corrected chi connectivity index (χ4v) is 2.44. The molecular formula is C19H14O7. The lowest BCUT2D eigenvalue weighted by atomic mass is 10.00.